The number of benzene rings is 2. The van der Waals surface area contributed by atoms with Crippen molar-refractivity contribution in [3.05, 3.63) is 71.4 Å². The lowest BCUT2D eigenvalue weighted by Crippen LogP contribution is -2.48. The highest BCUT2D eigenvalue weighted by atomic mass is 16.2. The summed E-state index contributed by atoms with van der Waals surface area (Å²) in [6, 6.07) is 18.0. The van der Waals surface area contributed by atoms with Crippen molar-refractivity contribution in [2.75, 3.05) is 6.54 Å². The number of hydrogen-bond acceptors (Lipinski definition) is 2. The molecule has 136 valence electrons. The fourth-order valence-corrected chi connectivity index (χ4v) is 4.41. The molecule has 2 amide bonds. The van der Waals surface area contributed by atoms with Crippen molar-refractivity contribution in [1.82, 2.24) is 9.88 Å². The Morgan fingerprint density at radius 3 is 2.44 bits per heavy atom. The predicted octanol–water partition coefficient (Wildman–Crippen LogP) is 2.91. The Morgan fingerprint density at radius 1 is 1.04 bits per heavy atom. The van der Waals surface area contributed by atoms with Gasteiger partial charge in [-0.25, -0.2) is 0 Å². The number of primary amides is 1. The standard InChI is InChI=1S/C22H21N3O2/c23-20(26)22(11-12-22)21(27)25-13-10-16-15-8-4-5-9-17(15)24-18(16)19(25)14-6-2-1-3-7-14/h1-9,19,24H,10-13H2,(H2,23,26). The van der Waals surface area contributed by atoms with E-state index >= 15 is 0 Å². The summed E-state index contributed by atoms with van der Waals surface area (Å²) >= 11 is 0. The normalized spacial score (nSPS) is 20.3. The molecule has 3 N–H and O–H groups in total. The van der Waals surface area contributed by atoms with Crippen LogP contribution >= 0.6 is 0 Å². The van der Waals surface area contributed by atoms with Crippen LogP contribution in [-0.4, -0.2) is 28.2 Å². The van der Waals surface area contributed by atoms with Gasteiger partial charge in [0, 0.05) is 23.1 Å². The van der Waals surface area contributed by atoms with Gasteiger partial charge in [0.25, 0.3) is 0 Å². The molecule has 1 fully saturated rings. The Kier molecular flexibility index (Phi) is 3.41. The molecule has 5 rings (SSSR count). The van der Waals surface area contributed by atoms with Crippen molar-refractivity contribution < 1.29 is 9.59 Å². The van der Waals surface area contributed by atoms with E-state index in [1.54, 1.807) is 0 Å². The number of rotatable bonds is 3. The molecule has 2 aliphatic rings. The van der Waals surface area contributed by atoms with Crippen molar-refractivity contribution in [3.8, 4) is 0 Å². The summed E-state index contributed by atoms with van der Waals surface area (Å²) in [6.07, 6.45) is 1.88. The lowest BCUT2D eigenvalue weighted by Gasteiger charge is -2.38. The van der Waals surface area contributed by atoms with Gasteiger partial charge in [0.2, 0.25) is 11.8 Å². The lowest BCUT2D eigenvalue weighted by atomic mass is 9.90. The Bertz CT molecular complexity index is 1050. The summed E-state index contributed by atoms with van der Waals surface area (Å²) in [7, 11) is 0. The van der Waals surface area contributed by atoms with Crippen molar-refractivity contribution in [3.63, 3.8) is 0 Å². The summed E-state index contributed by atoms with van der Waals surface area (Å²) in [6.45, 7) is 0.586. The van der Waals surface area contributed by atoms with E-state index in [-0.39, 0.29) is 11.9 Å². The van der Waals surface area contributed by atoms with E-state index in [1.807, 2.05) is 47.4 Å². The molecule has 3 aromatic rings. The third-order valence-corrected chi connectivity index (χ3v) is 6.04. The number of nitrogens with zero attached hydrogens (tertiary/aromatic N) is 1. The van der Waals surface area contributed by atoms with Gasteiger partial charge in [-0.05, 0) is 36.5 Å². The molecule has 27 heavy (non-hydrogen) atoms. The van der Waals surface area contributed by atoms with Crippen LogP contribution in [0.15, 0.2) is 54.6 Å². The number of nitrogens with one attached hydrogen (secondary N) is 1. The number of carbonyl (C=O) groups is 2. The first-order valence-electron chi connectivity index (χ1n) is 9.37. The minimum atomic E-state index is -1.00. The van der Waals surface area contributed by atoms with Crippen molar-refractivity contribution in [1.29, 1.82) is 0 Å². The van der Waals surface area contributed by atoms with E-state index in [0.717, 1.165) is 23.2 Å². The molecule has 1 aliphatic heterocycles. The molecule has 5 heteroatoms. The van der Waals surface area contributed by atoms with Crippen LogP contribution in [0.25, 0.3) is 10.9 Å². The number of H-pyrrole nitrogens is 1. The van der Waals surface area contributed by atoms with Crippen LogP contribution < -0.4 is 5.73 Å². The van der Waals surface area contributed by atoms with Gasteiger partial charge >= 0.3 is 0 Å². The van der Waals surface area contributed by atoms with Gasteiger partial charge in [-0.1, -0.05) is 48.5 Å². The Hall–Kier alpha value is -3.08. The van der Waals surface area contributed by atoms with Crippen LogP contribution in [0.5, 0.6) is 0 Å². The zero-order chi connectivity index (χ0) is 18.6. The smallest absolute Gasteiger partial charge is 0.239 e. The molecular formula is C22H21N3O2. The minimum Gasteiger partial charge on any atom is -0.369 e. The van der Waals surface area contributed by atoms with Gasteiger partial charge in [0.05, 0.1) is 6.04 Å². The highest BCUT2D eigenvalue weighted by Crippen LogP contribution is 2.50. The third-order valence-electron chi connectivity index (χ3n) is 6.04. The summed E-state index contributed by atoms with van der Waals surface area (Å²) in [5.41, 5.74) is 9.00. The molecule has 1 atom stereocenters. The third kappa shape index (κ3) is 2.31. The molecule has 1 aromatic heterocycles. The van der Waals surface area contributed by atoms with Crippen LogP contribution in [0.2, 0.25) is 0 Å². The second-order valence-corrected chi connectivity index (χ2v) is 7.57. The van der Waals surface area contributed by atoms with E-state index in [4.69, 9.17) is 5.73 Å². The average Bonchev–Trinajstić information content (AvgIpc) is 3.43. The lowest BCUT2D eigenvalue weighted by molar-refractivity contribution is -0.144. The molecule has 2 heterocycles. The number of para-hydroxylation sites is 1. The van der Waals surface area contributed by atoms with Crippen molar-refractivity contribution in [2.45, 2.75) is 25.3 Å². The number of amides is 2. The van der Waals surface area contributed by atoms with Crippen LogP contribution in [0, 0.1) is 5.41 Å². The van der Waals surface area contributed by atoms with E-state index < -0.39 is 11.3 Å². The summed E-state index contributed by atoms with van der Waals surface area (Å²) in [5, 5.41) is 1.21. The Balaban J connectivity index is 1.67. The average molecular weight is 359 g/mol. The molecule has 5 nitrogen and oxygen atoms in total. The quantitative estimate of drug-likeness (QED) is 0.705. The van der Waals surface area contributed by atoms with Gasteiger partial charge in [0.15, 0.2) is 0 Å². The minimum absolute atomic E-state index is 0.131. The molecule has 2 aromatic carbocycles. The largest absolute Gasteiger partial charge is 0.369 e. The van der Waals surface area contributed by atoms with Crippen molar-refractivity contribution in [2.24, 2.45) is 11.1 Å². The molecule has 0 radical (unpaired) electrons. The first-order valence-corrected chi connectivity index (χ1v) is 9.37. The summed E-state index contributed by atoms with van der Waals surface area (Å²) < 4.78 is 0. The molecule has 1 saturated carbocycles. The Morgan fingerprint density at radius 2 is 1.74 bits per heavy atom. The molecule has 0 saturated heterocycles. The van der Waals surface area contributed by atoms with Crippen LogP contribution in [-0.2, 0) is 16.0 Å². The van der Waals surface area contributed by atoms with Gasteiger partial charge in [-0.2, -0.15) is 0 Å². The fraction of sp³-hybridized carbons (Fsp3) is 0.273. The summed E-state index contributed by atoms with van der Waals surface area (Å²) in [4.78, 5) is 30.7. The maximum absolute atomic E-state index is 13.3. The monoisotopic (exact) mass is 359 g/mol. The van der Waals surface area contributed by atoms with Gasteiger partial charge < -0.3 is 15.6 Å². The number of hydrogen-bond donors (Lipinski definition) is 2. The van der Waals surface area contributed by atoms with Crippen LogP contribution in [0.1, 0.15) is 35.7 Å². The van der Waals surface area contributed by atoms with E-state index in [9.17, 15) is 9.59 Å². The fourth-order valence-electron chi connectivity index (χ4n) is 4.41. The van der Waals surface area contributed by atoms with Gasteiger partial charge in [0.1, 0.15) is 5.41 Å². The van der Waals surface area contributed by atoms with Crippen LogP contribution in [0.4, 0.5) is 0 Å². The number of aromatic nitrogens is 1. The number of carbonyl (C=O) groups excluding carboxylic acids is 2. The topological polar surface area (TPSA) is 79.2 Å². The van der Waals surface area contributed by atoms with Gasteiger partial charge in [-0.3, -0.25) is 9.59 Å². The molecular weight excluding hydrogens is 338 g/mol. The predicted molar refractivity (Wildman–Crippen MR) is 103 cm³/mol. The molecule has 0 bridgehead atoms. The first kappa shape index (κ1) is 16.1. The Labute approximate surface area is 157 Å². The second-order valence-electron chi connectivity index (χ2n) is 7.57. The van der Waals surface area contributed by atoms with Crippen molar-refractivity contribution >= 4 is 22.7 Å². The zero-order valence-electron chi connectivity index (χ0n) is 14.9. The first-order chi connectivity index (χ1) is 13.1. The number of aromatic amines is 1. The van der Waals surface area contributed by atoms with Gasteiger partial charge in [-0.15, -0.1) is 0 Å². The highest BCUT2D eigenvalue weighted by Gasteiger charge is 2.58. The molecule has 0 spiro atoms. The van der Waals surface area contributed by atoms with E-state index in [1.165, 1.54) is 10.9 Å². The van der Waals surface area contributed by atoms with Crippen LogP contribution in [0.3, 0.4) is 0 Å². The maximum atomic E-state index is 13.3. The molecule has 1 aliphatic carbocycles. The summed E-state index contributed by atoms with van der Waals surface area (Å²) in [5.74, 6) is -0.630. The van der Waals surface area contributed by atoms with E-state index in [2.05, 4.69) is 17.1 Å². The maximum Gasteiger partial charge on any atom is 0.239 e. The zero-order valence-corrected chi connectivity index (χ0v) is 14.9. The number of nitrogens with two attached hydrogens (primary N) is 1. The van der Waals surface area contributed by atoms with E-state index in [0.29, 0.717) is 19.4 Å². The highest BCUT2D eigenvalue weighted by molar-refractivity contribution is 6.07. The number of fused-ring (bicyclic) bond motifs is 3. The second kappa shape index (κ2) is 5.71. The molecule has 1 unspecified atom stereocenters. The SMILES string of the molecule is NC(=O)C1(C(=O)N2CCc3c([nH]c4ccccc34)C2c2ccccc2)CC1.